The van der Waals surface area contributed by atoms with Crippen molar-refractivity contribution in [1.29, 1.82) is 0 Å². The number of pyridine rings is 1. The minimum absolute atomic E-state index is 0.251. The molecule has 118 valence electrons. The Morgan fingerprint density at radius 3 is 2.83 bits per heavy atom. The monoisotopic (exact) mass is 310 g/mol. The first-order valence-electron chi connectivity index (χ1n) is 7.43. The van der Waals surface area contributed by atoms with Crippen molar-refractivity contribution >= 4 is 22.4 Å². The summed E-state index contributed by atoms with van der Waals surface area (Å²) in [5.41, 5.74) is 7.69. The van der Waals surface area contributed by atoms with Crippen molar-refractivity contribution in [2.75, 3.05) is 12.3 Å². The molecular formula is C16H18N6O. The third kappa shape index (κ3) is 2.61. The van der Waals surface area contributed by atoms with Crippen LogP contribution in [0.4, 0.5) is 5.69 Å². The molecule has 0 atom stereocenters. The molecule has 1 aromatic carbocycles. The van der Waals surface area contributed by atoms with Gasteiger partial charge in [-0.2, -0.15) is 5.10 Å². The summed E-state index contributed by atoms with van der Waals surface area (Å²) in [5.74, 6) is 0.468. The molecule has 0 fully saturated rings. The molecule has 2 heterocycles. The Hall–Kier alpha value is -2.96. The normalized spacial score (nSPS) is 10.9. The van der Waals surface area contributed by atoms with E-state index in [9.17, 15) is 4.79 Å². The van der Waals surface area contributed by atoms with Crippen molar-refractivity contribution in [3.63, 3.8) is 0 Å². The van der Waals surface area contributed by atoms with E-state index in [1.54, 1.807) is 10.9 Å². The maximum absolute atomic E-state index is 12.2. The number of aromatic nitrogens is 4. The van der Waals surface area contributed by atoms with Crippen LogP contribution in [-0.2, 0) is 7.05 Å². The summed E-state index contributed by atoms with van der Waals surface area (Å²) in [5, 5.41) is 8.51. The lowest BCUT2D eigenvalue weighted by atomic mass is 10.0. The van der Waals surface area contributed by atoms with Gasteiger partial charge < -0.3 is 11.1 Å². The zero-order chi connectivity index (χ0) is 16.4. The third-order valence-corrected chi connectivity index (χ3v) is 3.68. The Morgan fingerprint density at radius 2 is 2.13 bits per heavy atom. The van der Waals surface area contributed by atoms with Gasteiger partial charge in [0.15, 0.2) is 11.5 Å². The van der Waals surface area contributed by atoms with E-state index >= 15 is 0 Å². The first-order chi connectivity index (χ1) is 11.1. The highest BCUT2D eigenvalue weighted by Crippen LogP contribution is 2.30. The zero-order valence-corrected chi connectivity index (χ0v) is 13.1. The number of benzene rings is 1. The number of carbonyl (C=O) groups excluding carboxylic acids is 1. The minimum atomic E-state index is -0.254. The van der Waals surface area contributed by atoms with E-state index in [-0.39, 0.29) is 11.6 Å². The van der Waals surface area contributed by atoms with Crippen molar-refractivity contribution in [1.82, 2.24) is 25.1 Å². The second-order valence-electron chi connectivity index (χ2n) is 5.25. The smallest absolute Gasteiger partial charge is 0.272 e. The van der Waals surface area contributed by atoms with Gasteiger partial charge in [-0.15, -0.1) is 0 Å². The van der Waals surface area contributed by atoms with Crippen LogP contribution in [0.3, 0.4) is 0 Å². The topological polar surface area (TPSA) is 98.7 Å². The van der Waals surface area contributed by atoms with Crippen LogP contribution in [0.1, 0.15) is 23.8 Å². The number of fused-ring (bicyclic) bond motifs is 1. The molecular weight excluding hydrogens is 292 g/mol. The van der Waals surface area contributed by atoms with E-state index in [0.717, 1.165) is 28.6 Å². The quantitative estimate of drug-likeness (QED) is 0.765. The van der Waals surface area contributed by atoms with E-state index < -0.39 is 0 Å². The van der Waals surface area contributed by atoms with Crippen molar-refractivity contribution in [2.24, 2.45) is 7.05 Å². The van der Waals surface area contributed by atoms with Gasteiger partial charge in [0.25, 0.3) is 5.91 Å². The van der Waals surface area contributed by atoms with Crippen LogP contribution >= 0.6 is 0 Å². The largest absolute Gasteiger partial charge is 0.396 e. The average Bonchev–Trinajstić information content (AvgIpc) is 2.98. The fourth-order valence-corrected chi connectivity index (χ4v) is 2.50. The van der Waals surface area contributed by atoms with Gasteiger partial charge in [-0.1, -0.05) is 25.1 Å². The fraction of sp³-hybridized carbons (Fsp3) is 0.250. The van der Waals surface area contributed by atoms with E-state index in [0.29, 0.717) is 12.2 Å². The van der Waals surface area contributed by atoms with Crippen LogP contribution in [-0.4, -0.2) is 32.2 Å². The number of amides is 1. The summed E-state index contributed by atoms with van der Waals surface area (Å²) in [6.07, 6.45) is 4.02. The van der Waals surface area contributed by atoms with Crippen molar-refractivity contribution < 1.29 is 4.79 Å². The van der Waals surface area contributed by atoms with Crippen LogP contribution in [0, 0.1) is 0 Å². The summed E-state index contributed by atoms with van der Waals surface area (Å²) in [6, 6.07) is 5.70. The summed E-state index contributed by atoms with van der Waals surface area (Å²) in [4.78, 5) is 20.7. The predicted octanol–water partition coefficient (Wildman–Crippen LogP) is 1.75. The van der Waals surface area contributed by atoms with Gasteiger partial charge in [0.2, 0.25) is 0 Å². The van der Waals surface area contributed by atoms with Gasteiger partial charge in [-0.05, 0) is 6.42 Å². The Kier molecular flexibility index (Phi) is 3.92. The minimum Gasteiger partial charge on any atom is -0.396 e. The maximum Gasteiger partial charge on any atom is 0.272 e. The average molecular weight is 310 g/mol. The van der Waals surface area contributed by atoms with Crippen LogP contribution in [0.2, 0.25) is 0 Å². The van der Waals surface area contributed by atoms with Crippen LogP contribution in [0.5, 0.6) is 0 Å². The second kappa shape index (κ2) is 6.04. The molecule has 1 amide bonds. The summed E-state index contributed by atoms with van der Waals surface area (Å²) in [6.45, 7) is 2.58. The Labute approximate surface area is 133 Å². The van der Waals surface area contributed by atoms with Crippen molar-refractivity contribution in [3.8, 4) is 11.4 Å². The number of anilines is 1. The molecule has 23 heavy (non-hydrogen) atoms. The summed E-state index contributed by atoms with van der Waals surface area (Å²) < 4.78 is 1.69. The number of nitrogen functional groups attached to an aromatic ring is 1. The standard InChI is InChI=1S/C16H18N6O/c1-3-7-18-16(23)14-13(17)10-5-4-6-11(12(10)8-19-14)15-20-9-21-22(15)2/h4-6,8-9H,3,7,17H2,1-2H3,(H,18,23). The lowest BCUT2D eigenvalue weighted by molar-refractivity contribution is 0.0950. The van der Waals surface area contributed by atoms with E-state index in [1.807, 2.05) is 32.2 Å². The number of rotatable bonds is 4. The lowest BCUT2D eigenvalue weighted by Crippen LogP contribution is -2.26. The third-order valence-electron chi connectivity index (χ3n) is 3.68. The van der Waals surface area contributed by atoms with Gasteiger partial charge in [0.1, 0.15) is 6.33 Å². The molecule has 0 aliphatic rings. The molecule has 3 aromatic rings. The highest BCUT2D eigenvalue weighted by atomic mass is 16.1. The van der Waals surface area contributed by atoms with Crippen LogP contribution in [0.15, 0.2) is 30.7 Å². The lowest BCUT2D eigenvalue weighted by Gasteiger charge is -2.11. The van der Waals surface area contributed by atoms with Gasteiger partial charge in [0, 0.05) is 36.1 Å². The Morgan fingerprint density at radius 1 is 1.30 bits per heavy atom. The van der Waals surface area contributed by atoms with Gasteiger partial charge in [0.05, 0.1) is 5.69 Å². The van der Waals surface area contributed by atoms with Gasteiger partial charge >= 0.3 is 0 Å². The van der Waals surface area contributed by atoms with Crippen molar-refractivity contribution in [3.05, 3.63) is 36.4 Å². The van der Waals surface area contributed by atoms with Crippen LogP contribution in [0.25, 0.3) is 22.2 Å². The van der Waals surface area contributed by atoms with Crippen LogP contribution < -0.4 is 11.1 Å². The molecule has 0 spiro atoms. The molecule has 0 bridgehead atoms. The number of hydrogen-bond donors (Lipinski definition) is 2. The maximum atomic E-state index is 12.2. The first-order valence-corrected chi connectivity index (χ1v) is 7.43. The first kappa shape index (κ1) is 15.0. The van der Waals surface area contributed by atoms with Crippen molar-refractivity contribution in [2.45, 2.75) is 13.3 Å². The predicted molar refractivity (Wildman–Crippen MR) is 88.8 cm³/mol. The molecule has 3 rings (SSSR count). The summed E-state index contributed by atoms with van der Waals surface area (Å²) >= 11 is 0. The summed E-state index contributed by atoms with van der Waals surface area (Å²) in [7, 11) is 1.82. The van der Waals surface area contributed by atoms with E-state index in [4.69, 9.17) is 5.73 Å². The van der Waals surface area contributed by atoms with E-state index in [2.05, 4.69) is 20.4 Å². The molecule has 7 nitrogen and oxygen atoms in total. The number of hydrogen-bond acceptors (Lipinski definition) is 5. The number of nitrogens with zero attached hydrogens (tertiary/aromatic N) is 4. The molecule has 0 saturated heterocycles. The molecule has 2 aromatic heterocycles. The second-order valence-corrected chi connectivity index (χ2v) is 5.25. The van der Waals surface area contributed by atoms with E-state index in [1.165, 1.54) is 6.33 Å². The Bertz CT molecular complexity index is 870. The molecule has 0 radical (unpaired) electrons. The van der Waals surface area contributed by atoms with Gasteiger partial charge in [-0.3, -0.25) is 4.79 Å². The molecule has 0 saturated carbocycles. The number of aryl methyl sites for hydroxylation is 1. The van der Waals surface area contributed by atoms with Gasteiger partial charge in [-0.25, -0.2) is 14.6 Å². The number of carbonyl (C=O) groups is 1. The number of nitrogens with one attached hydrogen (secondary N) is 1. The highest BCUT2D eigenvalue weighted by Gasteiger charge is 2.16. The number of nitrogens with two attached hydrogens (primary N) is 1. The zero-order valence-electron chi connectivity index (χ0n) is 13.1. The molecule has 7 heteroatoms. The Balaban J connectivity index is 2.13. The highest BCUT2D eigenvalue weighted by molar-refractivity contribution is 6.08. The molecule has 0 aliphatic carbocycles. The SMILES string of the molecule is CCCNC(=O)c1ncc2c(-c3ncnn3C)cccc2c1N. The molecule has 0 unspecified atom stereocenters. The molecule has 0 aliphatic heterocycles. The molecule has 3 N–H and O–H groups in total. The fourth-order valence-electron chi connectivity index (χ4n) is 2.50.